The summed E-state index contributed by atoms with van der Waals surface area (Å²) in [4.78, 5) is 24.9. The van der Waals surface area contributed by atoms with Crippen LogP contribution in [0.25, 0.3) is 0 Å². The maximum atomic E-state index is 12.8. The zero-order valence-electron chi connectivity index (χ0n) is 12.0. The van der Waals surface area contributed by atoms with Crippen LogP contribution in [0.2, 0.25) is 0 Å². The van der Waals surface area contributed by atoms with Crippen LogP contribution in [0.3, 0.4) is 0 Å². The van der Waals surface area contributed by atoms with Gasteiger partial charge in [-0.3, -0.25) is 4.79 Å². The fraction of sp³-hybridized carbons (Fsp3) is 0.467. The van der Waals surface area contributed by atoms with E-state index in [4.69, 9.17) is 0 Å². The number of benzene rings is 1. The van der Waals surface area contributed by atoms with E-state index < -0.39 is 0 Å². The second kappa shape index (κ2) is 7.06. The molecule has 6 heteroatoms. The zero-order valence-corrected chi connectivity index (χ0v) is 12.0. The lowest BCUT2D eigenvalue weighted by Gasteiger charge is -2.30. The van der Waals surface area contributed by atoms with Gasteiger partial charge in [0.2, 0.25) is 0 Å². The van der Waals surface area contributed by atoms with Crippen molar-refractivity contribution in [2.24, 2.45) is 5.92 Å². The van der Waals surface area contributed by atoms with E-state index in [-0.39, 0.29) is 17.8 Å². The van der Waals surface area contributed by atoms with Gasteiger partial charge in [0, 0.05) is 25.2 Å². The van der Waals surface area contributed by atoms with Gasteiger partial charge in [0.05, 0.1) is 7.11 Å². The van der Waals surface area contributed by atoms with Crippen molar-refractivity contribution >= 4 is 12.0 Å². The van der Waals surface area contributed by atoms with Crippen LogP contribution in [0.4, 0.5) is 9.18 Å². The van der Waals surface area contributed by atoms with Crippen molar-refractivity contribution in [3.05, 3.63) is 35.6 Å². The normalized spacial score (nSPS) is 15.6. The second-order valence-electron chi connectivity index (χ2n) is 5.12. The first kappa shape index (κ1) is 15.3. The minimum Gasteiger partial charge on any atom is -0.453 e. The number of ether oxygens (including phenoxy) is 1. The third-order valence-corrected chi connectivity index (χ3v) is 3.71. The van der Waals surface area contributed by atoms with Crippen LogP contribution in [0.5, 0.6) is 0 Å². The Morgan fingerprint density at radius 3 is 2.48 bits per heavy atom. The number of halogens is 1. The maximum absolute atomic E-state index is 12.8. The first-order valence-electron chi connectivity index (χ1n) is 6.97. The maximum Gasteiger partial charge on any atom is 0.409 e. The first-order valence-corrected chi connectivity index (χ1v) is 6.97. The highest BCUT2D eigenvalue weighted by atomic mass is 19.1. The predicted octanol–water partition coefficient (Wildman–Crippen LogP) is 2.03. The molecule has 1 aliphatic heterocycles. The van der Waals surface area contributed by atoms with Gasteiger partial charge in [-0.05, 0) is 43.0 Å². The highest BCUT2D eigenvalue weighted by Crippen LogP contribution is 2.17. The number of hydrogen-bond donors (Lipinski definition) is 1. The van der Waals surface area contributed by atoms with E-state index in [0.717, 1.165) is 12.8 Å². The lowest BCUT2D eigenvalue weighted by Crippen LogP contribution is -2.41. The summed E-state index contributed by atoms with van der Waals surface area (Å²) in [6.07, 6.45) is 1.36. The number of nitrogens with one attached hydrogen (secondary N) is 1. The Labute approximate surface area is 123 Å². The van der Waals surface area contributed by atoms with Gasteiger partial charge in [-0.1, -0.05) is 0 Å². The molecule has 0 bridgehead atoms. The number of piperidine rings is 1. The summed E-state index contributed by atoms with van der Waals surface area (Å²) < 4.78 is 17.5. The average molecular weight is 294 g/mol. The Kier molecular flexibility index (Phi) is 5.14. The molecular formula is C15H19FN2O3. The van der Waals surface area contributed by atoms with Gasteiger partial charge in [-0.15, -0.1) is 0 Å². The summed E-state index contributed by atoms with van der Waals surface area (Å²) in [6, 6.07) is 5.46. The van der Waals surface area contributed by atoms with Gasteiger partial charge in [0.25, 0.3) is 5.91 Å². The van der Waals surface area contributed by atoms with E-state index in [1.165, 1.54) is 31.4 Å². The average Bonchev–Trinajstić information content (AvgIpc) is 2.53. The van der Waals surface area contributed by atoms with Gasteiger partial charge in [-0.25, -0.2) is 9.18 Å². The predicted molar refractivity (Wildman–Crippen MR) is 75.4 cm³/mol. The summed E-state index contributed by atoms with van der Waals surface area (Å²) >= 11 is 0. The van der Waals surface area contributed by atoms with Crippen molar-refractivity contribution in [3.8, 4) is 0 Å². The number of carbonyl (C=O) groups excluding carboxylic acids is 2. The number of rotatable bonds is 3. The molecule has 5 nitrogen and oxygen atoms in total. The van der Waals surface area contributed by atoms with Crippen molar-refractivity contribution in [2.45, 2.75) is 12.8 Å². The molecule has 0 atom stereocenters. The van der Waals surface area contributed by atoms with E-state index in [1.54, 1.807) is 4.90 Å². The monoisotopic (exact) mass is 294 g/mol. The molecule has 1 fully saturated rings. The Hall–Kier alpha value is -2.11. The molecule has 0 aliphatic carbocycles. The number of likely N-dealkylation sites (tertiary alicyclic amines) is 1. The summed E-state index contributed by atoms with van der Waals surface area (Å²) in [5.41, 5.74) is 0.448. The molecule has 0 radical (unpaired) electrons. The lowest BCUT2D eigenvalue weighted by molar-refractivity contribution is 0.0914. The van der Waals surface area contributed by atoms with Gasteiger partial charge in [0.15, 0.2) is 0 Å². The Balaban J connectivity index is 1.75. The molecule has 21 heavy (non-hydrogen) atoms. The number of carbonyl (C=O) groups is 2. The minimum absolute atomic E-state index is 0.203. The summed E-state index contributed by atoms with van der Waals surface area (Å²) in [6.45, 7) is 1.85. The summed E-state index contributed by atoms with van der Waals surface area (Å²) in [5.74, 6) is -0.220. The van der Waals surface area contributed by atoms with Gasteiger partial charge in [-0.2, -0.15) is 0 Å². The molecule has 1 N–H and O–H groups in total. The van der Waals surface area contributed by atoms with Crippen LogP contribution < -0.4 is 5.32 Å². The van der Waals surface area contributed by atoms with E-state index in [0.29, 0.717) is 31.1 Å². The van der Waals surface area contributed by atoms with Crippen molar-refractivity contribution in [1.82, 2.24) is 10.2 Å². The highest BCUT2D eigenvalue weighted by molar-refractivity contribution is 5.94. The SMILES string of the molecule is COC(=O)N1CCC(CNC(=O)c2ccc(F)cc2)CC1. The smallest absolute Gasteiger partial charge is 0.409 e. The third-order valence-electron chi connectivity index (χ3n) is 3.71. The Bertz CT molecular complexity index is 496. The third kappa shape index (κ3) is 4.18. The first-order chi connectivity index (χ1) is 10.1. The molecule has 0 saturated carbocycles. The molecule has 0 aromatic heterocycles. The van der Waals surface area contributed by atoms with Crippen molar-refractivity contribution in [2.75, 3.05) is 26.7 Å². The fourth-order valence-electron chi connectivity index (χ4n) is 2.39. The molecule has 1 saturated heterocycles. The van der Waals surface area contributed by atoms with Gasteiger partial charge < -0.3 is 15.0 Å². The lowest BCUT2D eigenvalue weighted by atomic mass is 9.97. The van der Waals surface area contributed by atoms with Crippen molar-refractivity contribution in [3.63, 3.8) is 0 Å². The highest BCUT2D eigenvalue weighted by Gasteiger charge is 2.23. The Morgan fingerprint density at radius 1 is 1.29 bits per heavy atom. The fourth-order valence-corrected chi connectivity index (χ4v) is 2.39. The quantitative estimate of drug-likeness (QED) is 0.928. The van der Waals surface area contributed by atoms with E-state index in [9.17, 15) is 14.0 Å². The molecule has 114 valence electrons. The standard InChI is InChI=1S/C15H19FN2O3/c1-21-15(20)18-8-6-11(7-9-18)10-17-14(19)12-2-4-13(16)5-3-12/h2-5,11H,6-10H2,1H3,(H,17,19). The number of methoxy groups -OCH3 is 1. The molecule has 1 heterocycles. The zero-order chi connectivity index (χ0) is 15.2. The van der Waals surface area contributed by atoms with Crippen LogP contribution in [-0.4, -0.2) is 43.6 Å². The molecule has 2 amide bonds. The van der Waals surface area contributed by atoms with Crippen LogP contribution in [-0.2, 0) is 4.74 Å². The second-order valence-corrected chi connectivity index (χ2v) is 5.12. The topological polar surface area (TPSA) is 58.6 Å². The molecule has 2 rings (SSSR count). The molecule has 1 aromatic carbocycles. The molecule has 1 aromatic rings. The van der Waals surface area contributed by atoms with Crippen LogP contribution in [0.1, 0.15) is 23.2 Å². The van der Waals surface area contributed by atoms with Crippen LogP contribution >= 0.6 is 0 Å². The van der Waals surface area contributed by atoms with Crippen LogP contribution in [0.15, 0.2) is 24.3 Å². The molecule has 1 aliphatic rings. The van der Waals surface area contributed by atoms with Gasteiger partial charge in [0.1, 0.15) is 5.82 Å². The van der Waals surface area contributed by atoms with E-state index in [1.807, 2.05) is 0 Å². The Morgan fingerprint density at radius 2 is 1.90 bits per heavy atom. The number of amides is 2. The minimum atomic E-state index is -0.360. The van der Waals surface area contributed by atoms with Crippen LogP contribution in [0, 0.1) is 11.7 Å². The number of nitrogens with zero attached hydrogens (tertiary/aromatic N) is 1. The van der Waals surface area contributed by atoms with Gasteiger partial charge >= 0.3 is 6.09 Å². The van der Waals surface area contributed by atoms with E-state index >= 15 is 0 Å². The largest absolute Gasteiger partial charge is 0.453 e. The van der Waals surface area contributed by atoms with E-state index in [2.05, 4.69) is 10.1 Å². The summed E-state index contributed by atoms with van der Waals surface area (Å²) in [5, 5.41) is 2.85. The van der Waals surface area contributed by atoms with Crippen molar-refractivity contribution in [1.29, 1.82) is 0 Å². The molecular weight excluding hydrogens is 275 g/mol. The van der Waals surface area contributed by atoms with Crippen molar-refractivity contribution < 1.29 is 18.7 Å². The molecule has 0 unspecified atom stereocenters. The summed E-state index contributed by atoms with van der Waals surface area (Å²) in [7, 11) is 1.37. The molecule has 0 spiro atoms. The number of hydrogen-bond acceptors (Lipinski definition) is 3.